The molecule has 0 aromatic heterocycles. The third kappa shape index (κ3) is 3.21. The van der Waals surface area contributed by atoms with Crippen LogP contribution < -0.4 is 9.47 Å². The summed E-state index contributed by atoms with van der Waals surface area (Å²) in [5.74, 6) is 1.65. The van der Waals surface area contributed by atoms with Crippen molar-refractivity contribution in [2.75, 3.05) is 27.3 Å². The molecular formula is C14H18BrNO3. The van der Waals surface area contributed by atoms with Gasteiger partial charge in [0.25, 0.3) is 0 Å². The fraction of sp³-hybridized carbons (Fsp3) is 0.500. The maximum Gasteiger partial charge on any atom is 0.236 e. The number of carbonyl (C=O) groups is 1. The highest BCUT2D eigenvalue weighted by Crippen LogP contribution is 2.28. The molecule has 1 fully saturated rings. The van der Waals surface area contributed by atoms with Gasteiger partial charge in [-0.15, -0.1) is 0 Å². The molecule has 1 aromatic carbocycles. The summed E-state index contributed by atoms with van der Waals surface area (Å²) < 4.78 is 10.5. The summed E-state index contributed by atoms with van der Waals surface area (Å²) in [5.41, 5.74) is 1.14. The van der Waals surface area contributed by atoms with Crippen molar-refractivity contribution in [1.82, 2.24) is 4.90 Å². The molecule has 19 heavy (non-hydrogen) atoms. The van der Waals surface area contributed by atoms with E-state index in [1.807, 2.05) is 23.1 Å². The highest BCUT2D eigenvalue weighted by atomic mass is 79.9. The summed E-state index contributed by atoms with van der Waals surface area (Å²) >= 11 is 3.38. The SMILES string of the molecule is COc1ccc(CCN2CCC(Br)C2=O)cc1OC. The van der Waals surface area contributed by atoms with Crippen LogP contribution in [0.25, 0.3) is 0 Å². The molecule has 1 aliphatic heterocycles. The Morgan fingerprint density at radius 3 is 2.63 bits per heavy atom. The largest absolute Gasteiger partial charge is 0.493 e. The van der Waals surface area contributed by atoms with Crippen LogP contribution in [-0.4, -0.2) is 42.9 Å². The first-order chi connectivity index (χ1) is 9.15. The van der Waals surface area contributed by atoms with Gasteiger partial charge in [-0.2, -0.15) is 0 Å². The predicted molar refractivity (Wildman–Crippen MR) is 77.2 cm³/mol. The highest BCUT2D eigenvalue weighted by Gasteiger charge is 2.28. The molecule has 1 aromatic rings. The summed E-state index contributed by atoms with van der Waals surface area (Å²) in [6, 6.07) is 5.87. The molecular weight excluding hydrogens is 310 g/mol. The van der Waals surface area contributed by atoms with Crippen molar-refractivity contribution >= 4 is 21.8 Å². The van der Waals surface area contributed by atoms with Gasteiger partial charge in [0.05, 0.1) is 19.0 Å². The predicted octanol–water partition coefficient (Wildman–Crippen LogP) is 2.24. The molecule has 5 heteroatoms. The lowest BCUT2D eigenvalue weighted by Gasteiger charge is -2.16. The normalized spacial score (nSPS) is 18.8. The molecule has 1 aliphatic rings. The van der Waals surface area contributed by atoms with Crippen molar-refractivity contribution < 1.29 is 14.3 Å². The summed E-state index contributed by atoms with van der Waals surface area (Å²) in [6.45, 7) is 1.58. The van der Waals surface area contributed by atoms with Crippen LogP contribution in [0, 0.1) is 0 Å². The number of hydrogen-bond acceptors (Lipinski definition) is 3. The molecule has 0 bridgehead atoms. The molecule has 0 saturated carbocycles. The molecule has 0 aliphatic carbocycles. The number of rotatable bonds is 5. The van der Waals surface area contributed by atoms with E-state index in [9.17, 15) is 4.79 Å². The summed E-state index contributed by atoms with van der Waals surface area (Å²) in [5, 5.41) is 0. The molecule has 2 rings (SSSR count). The number of carbonyl (C=O) groups excluding carboxylic acids is 1. The van der Waals surface area contributed by atoms with Crippen LogP contribution in [0.1, 0.15) is 12.0 Å². The summed E-state index contributed by atoms with van der Waals surface area (Å²) in [7, 11) is 3.25. The van der Waals surface area contributed by atoms with Crippen LogP contribution in [0.4, 0.5) is 0 Å². The van der Waals surface area contributed by atoms with E-state index in [0.29, 0.717) is 0 Å². The second-order valence-corrected chi connectivity index (χ2v) is 5.63. The first-order valence-corrected chi connectivity index (χ1v) is 7.21. The van der Waals surface area contributed by atoms with Crippen molar-refractivity contribution in [3.63, 3.8) is 0 Å². The maximum atomic E-state index is 11.8. The van der Waals surface area contributed by atoms with Gasteiger partial charge >= 0.3 is 0 Å². The zero-order valence-electron chi connectivity index (χ0n) is 11.2. The minimum Gasteiger partial charge on any atom is -0.493 e. The molecule has 0 N–H and O–H groups in total. The van der Waals surface area contributed by atoms with E-state index in [0.717, 1.165) is 43.0 Å². The van der Waals surface area contributed by atoms with Gasteiger partial charge in [0.15, 0.2) is 11.5 Å². The number of methoxy groups -OCH3 is 2. The molecule has 1 atom stereocenters. The van der Waals surface area contributed by atoms with Gasteiger partial charge in [0.2, 0.25) is 5.91 Å². The number of ether oxygens (including phenoxy) is 2. The number of hydrogen-bond donors (Lipinski definition) is 0. The van der Waals surface area contributed by atoms with Crippen LogP contribution in [-0.2, 0) is 11.2 Å². The lowest BCUT2D eigenvalue weighted by Crippen LogP contribution is -2.29. The topological polar surface area (TPSA) is 38.8 Å². The summed E-state index contributed by atoms with van der Waals surface area (Å²) in [6.07, 6.45) is 1.72. The van der Waals surface area contributed by atoms with Crippen molar-refractivity contribution in [1.29, 1.82) is 0 Å². The Labute approximate surface area is 121 Å². The van der Waals surface area contributed by atoms with E-state index < -0.39 is 0 Å². The van der Waals surface area contributed by atoms with E-state index >= 15 is 0 Å². The molecule has 1 heterocycles. The van der Waals surface area contributed by atoms with Crippen LogP contribution in [0.2, 0.25) is 0 Å². The third-order valence-corrected chi connectivity index (χ3v) is 4.20. The van der Waals surface area contributed by atoms with Crippen LogP contribution in [0.15, 0.2) is 18.2 Å². The van der Waals surface area contributed by atoms with Gasteiger partial charge in [-0.1, -0.05) is 22.0 Å². The molecule has 0 radical (unpaired) electrons. The molecule has 1 saturated heterocycles. The van der Waals surface area contributed by atoms with E-state index in [-0.39, 0.29) is 10.7 Å². The van der Waals surface area contributed by atoms with Crippen molar-refractivity contribution in [3.8, 4) is 11.5 Å². The first-order valence-electron chi connectivity index (χ1n) is 6.29. The number of halogens is 1. The van der Waals surface area contributed by atoms with Crippen LogP contribution in [0.5, 0.6) is 11.5 Å². The van der Waals surface area contributed by atoms with Gasteiger partial charge in [0.1, 0.15) is 0 Å². The van der Waals surface area contributed by atoms with E-state index in [2.05, 4.69) is 15.9 Å². The fourth-order valence-corrected chi connectivity index (χ4v) is 2.72. The Balaban J connectivity index is 1.98. The Morgan fingerprint density at radius 1 is 1.32 bits per heavy atom. The van der Waals surface area contributed by atoms with Crippen LogP contribution >= 0.6 is 15.9 Å². The van der Waals surface area contributed by atoms with Crippen molar-refractivity contribution in [2.45, 2.75) is 17.7 Å². The van der Waals surface area contributed by atoms with Crippen LogP contribution in [0.3, 0.4) is 0 Å². The zero-order valence-corrected chi connectivity index (χ0v) is 12.8. The average molecular weight is 328 g/mol. The zero-order chi connectivity index (χ0) is 13.8. The number of likely N-dealkylation sites (tertiary alicyclic amines) is 1. The number of nitrogens with zero attached hydrogens (tertiary/aromatic N) is 1. The lowest BCUT2D eigenvalue weighted by molar-refractivity contribution is -0.127. The quantitative estimate of drug-likeness (QED) is 0.778. The Morgan fingerprint density at radius 2 is 2.05 bits per heavy atom. The Bertz CT molecular complexity index is 464. The standard InChI is InChI=1S/C14H18BrNO3/c1-18-12-4-3-10(9-13(12)19-2)5-7-16-8-6-11(15)14(16)17/h3-4,9,11H,5-8H2,1-2H3. The van der Waals surface area contributed by atoms with Gasteiger partial charge in [-0.05, 0) is 30.5 Å². The van der Waals surface area contributed by atoms with E-state index in [1.165, 1.54) is 0 Å². The first kappa shape index (κ1) is 14.2. The van der Waals surface area contributed by atoms with Crippen molar-refractivity contribution in [2.24, 2.45) is 0 Å². The molecule has 4 nitrogen and oxygen atoms in total. The Kier molecular flexibility index (Phi) is 4.69. The van der Waals surface area contributed by atoms with E-state index in [1.54, 1.807) is 14.2 Å². The summed E-state index contributed by atoms with van der Waals surface area (Å²) in [4.78, 5) is 13.7. The third-order valence-electron chi connectivity index (χ3n) is 3.35. The van der Waals surface area contributed by atoms with Gasteiger partial charge in [-0.25, -0.2) is 0 Å². The van der Waals surface area contributed by atoms with Gasteiger partial charge < -0.3 is 14.4 Å². The second kappa shape index (κ2) is 6.28. The Hall–Kier alpha value is -1.23. The average Bonchev–Trinajstić information content (AvgIpc) is 2.76. The van der Waals surface area contributed by atoms with Gasteiger partial charge in [0, 0.05) is 13.1 Å². The monoisotopic (exact) mass is 327 g/mol. The number of alkyl halides is 1. The lowest BCUT2D eigenvalue weighted by atomic mass is 10.1. The van der Waals surface area contributed by atoms with Gasteiger partial charge in [-0.3, -0.25) is 4.79 Å². The minimum absolute atomic E-state index is 0.00194. The molecule has 1 unspecified atom stereocenters. The number of benzene rings is 1. The minimum atomic E-state index is -0.00194. The molecule has 1 amide bonds. The van der Waals surface area contributed by atoms with E-state index in [4.69, 9.17) is 9.47 Å². The highest BCUT2D eigenvalue weighted by molar-refractivity contribution is 9.10. The van der Waals surface area contributed by atoms with Crippen molar-refractivity contribution in [3.05, 3.63) is 23.8 Å². The molecule has 0 spiro atoms. The maximum absolute atomic E-state index is 11.8. The molecule has 104 valence electrons. The smallest absolute Gasteiger partial charge is 0.236 e. The number of amides is 1. The fourth-order valence-electron chi connectivity index (χ4n) is 2.22. The second-order valence-electron chi connectivity index (χ2n) is 4.52.